The maximum Gasteiger partial charge on any atom is 0.145 e. The fraction of sp³-hybridized carbons (Fsp3) is 0.0769. The van der Waals surface area contributed by atoms with Crippen molar-refractivity contribution in [1.82, 2.24) is 14.5 Å². The minimum atomic E-state index is 0.502. The van der Waals surface area contributed by atoms with Crippen LogP contribution in [0.2, 0.25) is 5.15 Å². The molecule has 0 saturated heterocycles. The molecule has 0 radical (unpaired) electrons. The van der Waals surface area contributed by atoms with Crippen molar-refractivity contribution in [3.8, 4) is 0 Å². The van der Waals surface area contributed by atoms with Crippen molar-refractivity contribution in [2.24, 2.45) is 0 Å². The minimum absolute atomic E-state index is 0.502. The van der Waals surface area contributed by atoms with E-state index in [0.717, 1.165) is 17.6 Å². The van der Waals surface area contributed by atoms with Crippen LogP contribution in [0.5, 0.6) is 0 Å². The highest BCUT2D eigenvalue weighted by Crippen LogP contribution is 2.20. The summed E-state index contributed by atoms with van der Waals surface area (Å²) in [4.78, 5) is 8.23. The molecule has 2 heterocycles. The van der Waals surface area contributed by atoms with Crippen LogP contribution in [0, 0.1) is 0 Å². The zero-order chi connectivity index (χ0) is 11.7. The van der Waals surface area contributed by atoms with Gasteiger partial charge in [0.2, 0.25) is 0 Å². The molecule has 0 aliphatic heterocycles. The maximum atomic E-state index is 6.01. The van der Waals surface area contributed by atoms with Gasteiger partial charge < -0.3 is 4.57 Å². The Kier molecular flexibility index (Phi) is 2.53. The average Bonchev–Trinajstić information content (AvgIpc) is 2.76. The van der Waals surface area contributed by atoms with E-state index in [4.69, 9.17) is 11.6 Å². The Morgan fingerprint density at radius 2 is 1.88 bits per heavy atom. The predicted molar refractivity (Wildman–Crippen MR) is 68.1 cm³/mol. The number of halogens is 1. The standard InChI is InChI=1S/C13H10ClN3/c14-12-11-6-7-17(13(11)16-9-15-12)8-10-4-2-1-3-5-10/h1-7,9H,8H2. The molecule has 0 N–H and O–H groups in total. The summed E-state index contributed by atoms with van der Waals surface area (Å²) in [5.74, 6) is 0. The molecule has 3 nitrogen and oxygen atoms in total. The predicted octanol–water partition coefficient (Wildman–Crippen LogP) is 3.13. The second-order valence-corrected chi connectivity index (χ2v) is 4.19. The molecule has 0 amide bonds. The first kappa shape index (κ1) is 10.3. The first-order valence-corrected chi connectivity index (χ1v) is 5.71. The lowest BCUT2D eigenvalue weighted by atomic mass is 10.2. The van der Waals surface area contributed by atoms with Gasteiger partial charge in [-0.05, 0) is 11.6 Å². The Balaban J connectivity index is 2.05. The van der Waals surface area contributed by atoms with E-state index in [2.05, 4.69) is 26.7 Å². The van der Waals surface area contributed by atoms with Crippen LogP contribution in [0.1, 0.15) is 5.56 Å². The van der Waals surface area contributed by atoms with Crippen molar-refractivity contribution in [3.05, 3.63) is 59.6 Å². The minimum Gasteiger partial charge on any atom is -0.328 e. The van der Waals surface area contributed by atoms with Crippen LogP contribution in [-0.4, -0.2) is 14.5 Å². The summed E-state index contributed by atoms with van der Waals surface area (Å²) in [6.07, 6.45) is 3.48. The lowest BCUT2D eigenvalue weighted by Crippen LogP contribution is -1.99. The quantitative estimate of drug-likeness (QED) is 0.648. The molecule has 3 rings (SSSR count). The Labute approximate surface area is 104 Å². The largest absolute Gasteiger partial charge is 0.328 e. The molecule has 0 bridgehead atoms. The fourth-order valence-corrected chi connectivity index (χ4v) is 2.07. The van der Waals surface area contributed by atoms with E-state index >= 15 is 0 Å². The van der Waals surface area contributed by atoms with Crippen molar-refractivity contribution in [2.75, 3.05) is 0 Å². The summed E-state index contributed by atoms with van der Waals surface area (Å²) in [5, 5.41) is 1.40. The van der Waals surface area contributed by atoms with E-state index in [-0.39, 0.29) is 0 Å². The van der Waals surface area contributed by atoms with Crippen molar-refractivity contribution >= 4 is 22.6 Å². The van der Waals surface area contributed by atoms with Crippen LogP contribution < -0.4 is 0 Å². The number of aromatic nitrogens is 3. The lowest BCUT2D eigenvalue weighted by molar-refractivity contribution is 0.823. The van der Waals surface area contributed by atoms with Gasteiger partial charge in [0.1, 0.15) is 17.1 Å². The number of hydrogen-bond acceptors (Lipinski definition) is 2. The van der Waals surface area contributed by atoms with Crippen LogP contribution in [0.4, 0.5) is 0 Å². The number of benzene rings is 1. The molecular weight excluding hydrogens is 234 g/mol. The summed E-state index contributed by atoms with van der Waals surface area (Å²) in [5.41, 5.74) is 2.11. The molecule has 0 aliphatic rings. The highest BCUT2D eigenvalue weighted by Gasteiger charge is 2.06. The van der Waals surface area contributed by atoms with Crippen LogP contribution in [0.15, 0.2) is 48.9 Å². The SMILES string of the molecule is Clc1ncnc2c1ccn2Cc1ccccc1. The van der Waals surface area contributed by atoms with Crippen LogP contribution >= 0.6 is 11.6 Å². The first-order valence-electron chi connectivity index (χ1n) is 5.34. The molecule has 4 heteroatoms. The van der Waals surface area contributed by atoms with Gasteiger partial charge in [0, 0.05) is 12.7 Å². The van der Waals surface area contributed by atoms with E-state index in [1.54, 1.807) is 0 Å². The van der Waals surface area contributed by atoms with Crippen LogP contribution in [0.25, 0.3) is 11.0 Å². The summed E-state index contributed by atoms with van der Waals surface area (Å²) in [7, 11) is 0. The summed E-state index contributed by atoms with van der Waals surface area (Å²) in [6.45, 7) is 0.789. The molecule has 3 aromatic rings. The Morgan fingerprint density at radius 1 is 1.06 bits per heavy atom. The summed E-state index contributed by atoms with van der Waals surface area (Å²) in [6, 6.07) is 12.2. The highest BCUT2D eigenvalue weighted by molar-refractivity contribution is 6.33. The normalized spacial score (nSPS) is 10.9. The zero-order valence-corrected chi connectivity index (χ0v) is 9.80. The molecule has 0 unspecified atom stereocenters. The zero-order valence-electron chi connectivity index (χ0n) is 9.05. The van der Waals surface area contributed by atoms with E-state index < -0.39 is 0 Å². The number of fused-ring (bicyclic) bond motifs is 1. The van der Waals surface area contributed by atoms with Gasteiger partial charge in [-0.25, -0.2) is 9.97 Å². The van der Waals surface area contributed by atoms with Crippen LogP contribution in [0.3, 0.4) is 0 Å². The Hall–Kier alpha value is -1.87. The van der Waals surface area contributed by atoms with Gasteiger partial charge in [0.15, 0.2) is 0 Å². The lowest BCUT2D eigenvalue weighted by Gasteiger charge is -2.04. The number of hydrogen-bond donors (Lipinski definition) is 0. The molecule has 0 saturated carbocycles. The van der Waals surface area contributed by atoms with E-state index in [1.807, 2.05) is 30.5 Å². The third-order valence-electron chi connectivity index (χ3n) is 2.70. The van der Waals surface area contributed by atoms with Crippen LogP contribution in [-0.2, 0) is 6.54 Å². The molecular formula is C13H10ClN3. The highest BCUT2D eigenvalue weighted by atomic mass is 35.5. The molecule has 0 aliphatic carbocycles. The van der Waals surface area contributed by atoms with E-state index in [1.165, 1.54) is 11.9 Å². The fourth-order valence-electron chi connectivity index (χ4n) is 1.88. The molecule has 2 aromatic heterocycles. The third kappa shape index (κ3) is 1.89. The number of rotatable bonds is 2. The van der Waals surface area contributed by atoms with Crippen molar-refractivity contribution in [1.29, 1.82) is 0 Å². The first-order chi connectivity index (χ1) is 8.34. The second-order valence-electron chi connectivity index (χ2n) is 3.83. The van der Waals surface area contributed by atoms with Gasteiger partial charge in [-0.2, -0.15) is 0 Å². The summed E-state index contributed by atoms with van der Waals surface area (Å²) >= 11 is 6.01. The maximum absolute atomic E-state index is 6.01. The smallest absolute Gasteiger partial charge is 0.145 e. The van der Waals surface area contributed by atoms with Gasteiger partial charge in [0.05, 0.1) is 5.39 Å². The van der Waals surface area contributed by atoms with Crippen molar-refractivity contribution in [2.45, 2.75) is 6.54 Å². The van der Waals surface area contributed by atoms with Gasteiger partial charge in [-0.3, -0.25) is 0 Å². The molecule has 84 valence electrons. The molecule has 0 atom stereocenters. The molecule has 1 aromatic carbocycles. The van der Waals surface area contributed by atoms with Crippen molar-refractivity contribution < 1.29 is 0 Å². The summed E-state index contributed by atoms with van der Waals surface area (Å²) < 4.78 is 2.07. The van der Waals surface area contributed by atoms with Crippen molar-refractivity contribution in [3.63, 3.8) is 0 Å². The third-order valence-corrected chi connectivity index (χ3v) is 3.00. The molecule has 0 spiro atoms. The monoisotopic (exact) mass is 243 g/mol. The second kappa shape index (κ2) is 4.18. The van der Waals surface area contributed by atoms with E-state index in [0.29, 0.717) is 5.15 Å². The van der Waals surface area contributed by atoms with Gasteiger partial charge in [-0.15, -0.1) is 0 Å². The average molecular weight is 244 g/mol. The molecule has 0 fully saturated rings. The van der Waals surface area contributed by atoms with Gasteiger partial charge >= 0.3 is 0 Å². The van der Waals surface area contributed by atoms with Gasteiger partial charge in [-0.1, -0.05) is 41.9 Å². The van der Waals surface area contributed by atoms with Gasteiger partial charge in [0.25, 0.3) is 0 Å². The molecule has 17 heavy (non-hydrogen) atoms. The van der Waals surface area contributed by atoms with E-state index in [9.17, 15) is 0 Å². The number of nitrogens with zero attached hydrogens (tertiary/aromatic N) is 3. The topological polar surface area (TPSA) is 30.7 Å². The Bertz CT molecular complexity index is 646. The Morgan fingerprint density at radius 3 is 2.71 bits per heavy atom.